The van der Waals surface area contributed by atoms with E-state index in [1.807, 2.05) is 36.4 Å². The molecule has 0 spiro atoms. The maximum atomic E-state index is 6.35. The minimum absolute atomic E-state index is 0.179. The van der Waals surface area contributed by atoms with E-state index in [1.165, 1.54) is 0 Å². The van der Waals surface area contributed by atoms with Crippen molar-refractivity contribution in [1.82, 2.24) is 9.97 Å². The number of rotatable bonds is 4. The number of aliphatic imine (C=N–C) groups is 1. The normalized spacial score (nSPS) is 18.7. The van der Waals surface area contributed by atoms with Crippen molar-refractivity contribution < 1.29 is 0 Å². The molecule has 27 heavy (non-hydrogen) atoms. The molecule has 0 saturated heterocycles. The number of hydrogen-bond acceptors (Lipinski definition) is 3. The first kappa shape index (κ1) is 18.5. The number of imidazole rings is 1. The molecule has 3 aromatic rings. The molecular formula is C20H17BrCl2N4. The zero-order valence-electron chi connectivity index (χ0n) is 14.3. The molecule has 1 aliphatic carbocycles. The van der Waals surface area contributed by atoms with Gasteiger partial charge in [-0.3, -0.25) is 0 Å². The van der Waals surface area contributed by atoms with Gasteiger partial charge >= 0.3 is 0 Å². The van der Waals surface area contributed by atoms with E-state index < -0.39 is 0 Å². The molecule has 1 atom stereocenters. The summed E-state index contributed by atoms with van der Waals surface area (Å²) in [6.07, 6.45) is 3.66. The van der Waals surface area contributed by atoms with Crippen molar-refractivity contribution in [3.63, 3.8) is 0 Å². The van der Waals surface area contributed by atoms with E-state index in [0.717, 1.165) is 46.1 Å². The van der Waals surface area contributed by atoms with Crippen LogP contribution in [-0.2, 0) is 6.54 Å². The molecule has 0 radical (unpaired) electrons. The lowest BCUT2D eigenvalue weighted by Crippen LogP contribution is -2.18. The van der Waals surface area contributed by atoms with E-state index in [0.29, 0.717) is 16.7 Å². The molecule has 2 aromatic carbocycles. The Morgan fingerprint density at radius 3 is 2.81 bits per heavy atom. The Morgan fingerprint density at radius 1 is 1.22 bits per heavy atom. The fourth-order valence-electron chi connectivity index (χ4n) is 2.96. The zero-order valence-corrected chi connectivity index (χ0v) is 17.4. The van der Waals surface area contributed by atoms with Crippen LogP contribution in [0.1, 0.15) is 18.4 Å². The molecule has 1 aliphatic rings. The molecule has 0 fully saturated rings. The summed E-state index contributed by atoms with van der Waals surface area (Å²) in [6, 6.07) is 14.2. The molecule has 4 rings (SSSR count). The number of anilines is 1. The van der Waals surface area contributed by atoms with E-state index in [4.69, 9.17) is 23.2 Å². The van der Waals surface area contributed by atoms with Crippen molar-refractivity contribution in [3.05, 3.63) is 63.6 Å². The third-order valence-electron chi connectivity index (χ3n) is 4.39. The summed E-state index contributed by atoms with van der Waals surface area (Å²) in [5, 5.41) is 3.84. The summed E-state index contributed by atoms with van der Waals surface area (Å²) in [6.45, 7) is 0.721. The molecular weight excluding hydrogens is 447 g/mol. The van der Waals surface area contributed by atoms with Crippen LogP contribution >= 0.6 is 39.1 Å². The highest BCUT2D eigenvalue weighted by Crippen LogP contribution is 2.26. The molecule has 1 aromatic heterocycles. The number of allylic oxidation sites excluding steroid dienone is 2. The Morgan fingerprint density at radius 2 is 2.04 bits per heavy atom. The van der Waals surface area contributed by atoms with E-state index in [2.05, 4.69) is 48.3 Å². The van der Waals surface area contributed by atoms with Crippen molar-refractivity contribution in [2.75, 3.05) is 5.32 Å². The number of alkyl halides is 1. The minimum Gasteiger partial charge on any atom is -0.381 e. The van der Waals surface area contributed by atoms with Crippen LogP contribution in [0.4, 0.5) is 11.6 Å². The Kier molecular flexibility index (Phi) is 5.53. The predicted octanol–water partition coefficient (Wildman–Crippen LogP) is 6.53. The number of nitrogens with one attached hydrogen (secondary N) is 2. The third-order valence-corrected chi connectivity index (χ3v) is 5.69. The average Bonchev–Trinajstić information content (AvgIpc) is 3.06. The van der Waals surface area contributed by atoms with Crippen LogP contribution < -0.4 is 5.32 Å². The molecule has 0 amide bonds. The molecule has 4 nitrogen and oxygen atoms in total. The van der Waals surface area contributed by atoms with Gasteiger partial charge in [0.05, 0.1) is 27.2 Å². The Hall–Kier alpha value is -1.82. The van der Waals surface area contributed by atoms with Crippen molar-refractivity contribution in [2.45, 2.75) is 24.8 Å². The average molecular weight is 464 g/mol. The Balaban J connectivity index is 1.54. The smallest absolute Gasteiger partial charge is 0.228 e. The van der Waals surface area contributed by atoms with Crippen LogP contribution in [-0.4, -0.2) is 21.1 Å². The quantitative estimate of drug-likeness (QED) is 0.432. The summed E-state index contributed by atoms with van der Waals surface area (Å²) in [4.78, 5) is 12.3. The van der Waals surface area contributed by atoms with Gasteiger partial charge in [0.25, 0.3) is 0 Å². The SMILES string of the molecule is ClC1=CCCC(Cl)C1=Nc1nc2ccc(CNc3ccc(Br)cc3)cc2[nH]1. The van der Waals surface area contributed by atoms with E-state index in [9.17, 15) is 0 Å². The molecule has 0 bridgehead atoms. The van der Waals surface area contributed by atoms with Crippen LogP contribution in [0, 0.1) is 0 Å². The van der Waals surface area contributed by atoms with Gasteiger partial charge in [-0.15, -0.1) is 11.6 Å². The number of benzene rings is 2. The van der Waals surface area contributed by atoms with E-state index in [-0.39, 0.29) is 5.38 Å². The minimum atomic E-state index is -0.179. The van der Waals surface area contributed by atoms with Gasteiger partial charge in [-0.2, -0.15) is 0 Å². The van der Waals surface area contributed by atoms with Gasteiger partial charge in [0.2, 0.25) is 5.95 Å². The lowest BCUT2D eigenvalue weighted by atomic mass is 10.1. The largest absolute Gasteiger partial charge is 0.381 e. The lowest BCUT2D eigenvalue weighted by molar-refractivity contribution is 0.881. The van der Waals surface area contributed by atoms with Crippen molar-refractivity contribution in [1.29, 1.82) is 0 Å². The summed E-state index contributed by atoms with van der Waals surface area (Å²) >= 11 is 16.0. The van der Waals surface area contributed by atoms with Gasteiger partial charge in [-0.05, 0) is 54.8 Å². The molecule has 0 aliphatic heterocycles. The van der Waals surface area contributed by atoms with Crippen molar-refractivity contribution in [2.24, 2.45) is 4.99 Å². The number of aromatic nitrogens is 2. The van der Waals surface area contributed by atoms with Gasteiger partial charge < -0.3 is 10.3 Å². The second-order valence-corrected chi connectivity index (χ2v) is 8.22. The van der Waals surface area contributed by atoms with Gasteiger partial charge in [-0.1, -0.05) is 39.7 Å². The monoisotopic (exact) mass is 462 g/mol. The van der Waals surface area contributed by atoms with Crippen LogP contribution in [0.5, 0.6) is 0 Å². The van der Waals surface area contributed by atoms with E-state index >= 15 is 0 Å². The maximum absolute atomic E-state index is 6.35. The zero-order chi connectivity index (χ0) is 18.8. The number of H-pyrrole nitrogens is 1. The van der Waals surface area contributed by atoms with Gasteiger partial charge in [0, 0.05) is 16.7 Å². The van der Waals surface area contributed by atoms with Gasteiger partial charge in [0.1, 0.15) is 0 Å². The summed E-state index contributed by atoms with van der Waals surface area (Å²) < 4.78 is 1.06. The topological polar surface area (TPSA) is 53.1 Å². The maximum Gasteiger partial charge on any atom is 0.228 e. The number of halogens is 3. The highest BCUT2D eigenvalue weighted by molar-refractivity contribution is 9.10. The number of nitrogens with zero attached hydrogens (tertiary/aromatic N) is 2. The molecule has 2 N–H and O–H groups in total. The number of hydrogen-bond donors (Lipinski definition) is 2. The first-order chi connectivity index (χ1) is 13.1. The molecule has 138 valence electrons. The molecule has 7 heteroatoms. The van der Waals surface area contributed by atoms with Crippen LogP contribution in [0.2, 0.25) is 0 Å². The fourth-order valence-corrected chi connectivity index (χ4v) is 3.86. The molecule has 1 heterocycles. The first-order valence-electron chi connectivity index (χ1n) is 8.65. The van der Waals surface area contributed by atoms with E-state index in [1.54, 1.807) is 0 Å². The second kappa shape index (κ2) is 8.05. The van der Waals surface area contributed by atoms with Gasteiger partial charge in [-0.25, -0.2) is 9.98 Å². The summed E-state index contributed by atoms with van der Waals surface area (Å²) in [5.74, 6) is 0.525. The first-order valence-corrected chi connectivity index (χ1v) is 10.3. The second-order valence-electron chi connectivity index (χ2n) is 6.37. The molecule has 0 saturated carbocycles. The van der Waals surface area contributed by atoms with Crippen molar-refractivity contribution >= 4 is 67.5 Å². The Labute approximate surface area is 175 Å². The highest BCUT2D eigenvalue weighted by Gasteiger charge is 2.20. The summed E-state index contributed by atoms with van der Waals surface area (Å²) in [7, 11) is 0. The number of aromatic amines is 1. The molecule has 1 unspecified atom stereocenters. The van der Waals surface area contributed by atoms with Gasteiger partial charge in [0.15, 0.2) is 0 Å². The summed E-state index contributed by atoms with van der Waals surface area (Å²) in [5.41, 5.74) is 4.71. The lowest BCUT2D eigenvalue weighted by Gasteiger charge is -2.15. The van der Waals surface area contributed by atoms with Crippen molar-refractivity contribution in [3.8, 4) is 0 Å². The standard InChI is InChI=1S/C20H17BrCl2N4/c21-13-5-7-14(8-6-13)24-11-12-4-9-17-18(10-12)26-20(25-17)27-19-15(22)2-1-3-16(19)23/h2,4-10,16,24H,1,3,11H2,(H,25,26). The highest BCUT2D eigenvalue weighted by atomic mass is 79.9. The Bertz CT molecular complexity index is 1020. The van der Waals surface area contributed by atoms with Crippen LogP contribution in [0.3, 0.4) is 0 Å². The van der Waals surface area contributed by atoms with Crippen LogP contribution in [0.25, 0.3) is 11.0 Å². The number of fused-ring (bicyclic) bond motifs is 1. The predicted molar refractivity (Wildman–Crippen MR) is 117 cm³/mol. The van der Waals surface area contributed by atoms with Crippen LogP contribution in [0.15, 0.2) is 63.0 Å². The fraction of sp³-hybridized carbons (Fsp3) is 0.200. The third kappa shape index (κ3) is 4.37.